The van der Waals surface area contributed by atoms with Crippen LogP contribution in [0.4, 0.5) is 0 Å². The van der Waals surface area contributed by atoms with Crippen molar-refractivity contribution < 1.29 is 0 Å². The Morgan fingerprint density at radius 1 is 0.857 bits per heavy atom. The second-order valence-corrected chi connectivity index (χ2v) is 8.26. The minimum absolute atomic E-state index is 0.346. The van der Waals surface area contributed by atoms with Crippen molar-refractivity contribution in [2.24, 2.45) is 10.8 Å². The summed E-state index contributed by atoms with van der Waals surface area (Å²) in [6, 6.07) is 0. The normalized spacial score (nSPS) is 28.2. The number of rotatable bonds is 2. The van der Waals surface area contributed by atoms with E-state index in [0.717, 1.165) is 12.8 Å². The number of hydrogen-bond acceptors (Lipinski definition) is 0. The third-order valence-electron chi connectivity index (χ3n) is 4.48. The van der Waals surface area contributed by atoms with Crippen LogP contribution in [-0.2, 0) is 0 Å². The van der Waals surface area contributed by atoms with Crippen molar-refractivity contribution in [3.8, 4) is 0 Å². The Kier molecular flexibility index (Phi) is 4.46. The maximum absolute atomic E-state index is 3.96. The Hall–Kier alpha value is -1.30. The molecule has 21 heavy (non-hydrogen) atoms. The van der Waals surface area contributed by atoms with Crippen molar-refractivity contribution in [2.45, 2.75) is 60.3 Å². The van der Waals surface area contributed by atoms with Crippen molar-refractivity contribution in [1.29, 1.82) is 0 Å². The van der Waals surface area contributed by atoms with Crippen LogP contribution in [0.25, 0.3) is 0 Å². The van der Waals surface area contributed by atoms with Gasteiger partial charge in [0, 0.05) is 0 Å². The van der Waals surface area contributed by atoms with E-state index in [1.807, 2.05) is 6.08 Å². The van der Waals surface area contributed by atoms with Crippen molar-refractivity contribution in [3.05, 3.63) is 59.3 Å². The summed E-state index contributed by atoms with van der Waals surface area (Å²) in [6.07, 6.45) is 16.1. The fourth-order valence-electron chi connectivity index (χ4n) is 3.76. The van der Waals surface area contributed by atoms with Crippen molar-refractivity contribution in [2.75, 3.05) is 0 Å². The van der Waals surface area contributed by atoms with Gasteiger partial charge in [0.1, 0.15) is 0 Å². The van der Waals surface area contributed by atoms with Crippen LogP contribution in [0, 0.1) is 10.8 Å². The van der Waals surface area contributed by atoms with E-state index in [2.05, 4.69) is 65.5 Å². The summed E-state index contributed by atoms with van der Waals surface area (Å²) in [5, 5.41) is 0. The molecule has 2 aliphatic rings. The molecule has 2 rings (SSSR count). The first-order chi connectivity index (χ1) is 9.73. The summed E-state index contributed by atoms with van der Waals surface area (Å²) in [6.45, 7) is 15.6. The molecule has 0 heterocycles. The number of hydrogen-bond donors (Lipinski definition) is 0. The molecule has 0 saturated carbocycles. The Balaban J connectivity index is 2.34. The minimum atomic E-state index is 0.346. The summed E-state index contributed by atoms with van der Waals surface area (Å²) in [5.41, 5.74) is 6.50. The fraction of sp³-hybridized carbons (Fsp3) is 0.524. The van der Waals surface area contributed by atoms with Gasteiger partial charge < -0.3 is 0 Å². The van der Waals surface area contributed by atoms with Gasteiger partial charge in [-0.2, -0.15) is 0 Å². The van der Waals surface area contributed by atoms with E-state index in [0.29, 0.717) is 10.8 Å². The first-order valence-electron chi connectivity index (χ1n) is 8.12. The van der Waals surface area contributed by atoms with Gasteiger partial charge >= 0.3 is 0 Å². The maximum atomic E-state index is 3.96. The molecular formula is C21H30. The lowest BCUT2D eigenvalue weighted by atomic mass is 9.72. The first-order valence-corrected chi connectivity index (χ1v) is 8.12. The van der Waals surface area contributed by atoms with Crippen molar-refractivity contribution >= 4 is 0 Å². The summed E-state index contributed by atoms with van der Waals surface area (Å²) in [7, 11) is 0. The molecular weight excluding hydrogens is 252 g/mol. The maximum Gasteiger partial charge on any atom is -0.0224 e. The monoisotopic (exact) mass is 282 g/mol. The average molecular weight is 282 g/mol. The van der Waals surface area contributed by atoms with Gasteiger partial charge in [-0.25, -0.2) is 0 Å². The highest BCUT2D eigenvalue weighted by Crippen LogP contribution is 2.42. The van der Waals surface area contributed by atoms with Gasteiger partial charge in [0.25, 0.3) is 0 Å². The van der Waals surface area contributed by atoms with Crippen LogP contribution in [0.2, 0.25) is 0 Å². The fourth-order valence-corrected chi connectivity index (χ4v) is 3.76. The van der Waals surface area contributed by atoms with Crippen LogP contribution in [0.3, 0.4) is 0 Å². The lowest BCUT2D eigenvalue weighted by molar-refractivity contribution is 0.350. The van der Waals surface area contributed by atoms with Crippen LogP contribution in [0.5, 0.6) is 0 Å². The molecule has 0 aliphatic heterocycles. The molecule has 0 unspecified atom stereocenters. The molecule has 0 spiro atoms. The predicted octanol–water partition coefficient (Wildman–Crippen LogP) is 6.54. The lowest BCUT2D eigenvalue weighted by Crippen LogP contribution is -2.18. The molecule has 0 saturated heterocycles. The van der Waals surface area contributed by atoms with Gasteiger partial charge in [0.05, 0.1) is 0 Å². The predicted molar refractivity (Wildman–Crippen MR) is 94.2 cm³/mol. The second kappa shape index (κ2) is 5.83. The van der Waals surface area contributed by atoms with Gasteiger partial charge in [-0.3, -0.25) is 0 Å². The second-order valence-electron chi connectivity index (χ2n) is 8.26. The van der Waals surface area contributed by atoms with E-state index in [9.17, 15) is 0 Å². The zero-order valence-corrected chi connectivity index (χ0v) is 14.4. The van der Waals surface area contributed by atoms with Gasteiger partial charge in [0.15, 0.2) is 0 Å². The quantitative estimate of drug-likeness (QED) is 0.539. The molecule has 0 bridgehead atoms. The summed E-state index contributed by atoms with van der Waals surface area (Å²) in [5.74, 6) is 0. The Morgan fingerprint density at radius 2 is 1.38 bits per heavy atom. The first kappa shape index (κ1) is 16.1. The molecule has 0 atom stereocenters. The largest absolute Gasteiger partial charge is 0.0988 e. The third kappa shape index (κ3) is 4.33. The standard InChI is InChI=1S/C21H30/c1-7-16-9-18(14-20(3,4)12-16)11-19-10-17(8-2)13-21(5,6)15-19/h7-11H,1,12-15H2,2-6H3/b17-8-,18-11-. The minimum Gasteiger partial charge on any atom is -0.0988 e. The average Bonchev–Trinajstić information content (AvgIpc) is 2.34. The zero-order valence-electron chi connectivity index (χ0n) is 14.4. The lowest BCUT2D eigenvalue weighted by Gasteiger charge is -2.33. The highest BCUT2D eigenvalue weighted by atomic mass is 14.3. The molecule has 0 aromatic carbocycles. The van der Waals surface area contributed by atoms with Gasteiger partial charge in [-0.05, 0) is 60.2 Å². The summed E-state index contributed by atoms with van der Waals surface area (Å²) in [4.78, 5) is 0. The Bertz CT molecular complexity index is 545. The highest BCUT2D eigenvalue weighted by Gasteiger charge is 2.27. The van der Waals surface area contributed by atoms with Gasteiger partial charge in [-0.1, -0.05) is 70.2 Å². The Labute approximate surface area is 131 Å². The zero-order chi connectivity index (χ0) is 15.7. The van der Waals surface area contributed by atoms with Crippen molar-refractivity contribution in [3.63, 3.8) is 0 Å². The summed E-state index contributed by atoms with van der Waals surface area (Å²) < 4.78 is 0. The molecule has 0 amide bonds. The molecule has 114 valence electrons. The summed E-state index contributed by atoms with van der Waals surface area (Å²) >= 11 is 0. The van der Waals surface area contributed by atoms with Crippen molar-refractivity contribution in [1.82, 2.24) is 0 Å². The van der Waals surface area contributed by atoms with E-state index < -0.39 is 0 Å². The van der Waals surface area contributed by atoms with E-state index in [1.165, 1.54) is 35.1 Å². The number of allylic oxidation sites excluding steroid dienone is 9. The van der Waals surface area contributed by atoms with Crippen LogP contribution >= 0.6 is 0 Å². The molecule has 0 fully saturated rings. The van der Waals surface area contributed by atoms with E-state index in [4.69, 9.17) is 0 Å². The molecule has 0 N–H and O–H groups in total. The van der Waals surface area contributed by atoms with Crippen LogP contribution in [0.1, 0.15) is 60.3 Å². The highest BCUT2D eigenvalue weighted by molar-refractivity contribution is 5.42. The van der Waals surface area contributed by atoms with E-state index in [1.54, 1.807) is 0 Å². The molecule has 0 aromatic heterocycles. The van der Waals surface area contributed by atoms with E-state index in [-0.39, 0.29) is 0 Å². The van der Waals surface area contributed by atoms with Gasteiger partial charge in [0.2, 0.25) is 0 Å². The smallest absolute Gasteiger partial charge is 0.0224 e. The SMILES string of the molecule is C=CC1=C/C(=C/C2=CC(=C/C)/CC(C)(C)C2)CC(C)(C)C1. The van der Waals surface area contributed by atoms with Crippen LogP contribution in [0.15, 0.2) is 59.3 Å². The molecule has 2 aliphatic carbocycles. The third-order valence-corrected chi connectivity index (χ3v) is 4.48. The van der Waals surface area contributed by atoms with E-state index >= 15 is 0 Å². The Morgan fingerprint density at radius 3 is 1.95 bits per heavy atom. The molecule has 0 nitrogen and oxygen atoms in total. The topological polar surface area (TPSA) is 0 Å². The molecule has 0 radical (unpaired) electrons. The van der Waals surface area contributed by atoms with Gasteiger partial charge in [-0.15, -0.1) is 0 Å². The molecule has 0 aromatic rings. The van der Waals surface area contributed by atoms with Crippen LogP contribution in [-0.4, -0.2) is 0 Å². The van der Waals surface area contributed by atoms with Crippen LogP contribution < -0.4 is 0 Å². The molecule has 0 heteroatoms.